The van der Waals surface area contributed by atoms with Crippen LogP contribution in [0.15, 0.2) is 12.2 Å². The van der Waals surface area contributed by atoms with Gasteiger partial charge in [-0.1, -0.05) is 38.8 Å². The monoisotopic (exact) mass is 203 g/mol. The maximum atomic E-state index is 6.24. The maximum Gasteiger partial charge on any atom is 0.0488 e. The normalized spacial score (nSPS) is 14.2. The molecule has 0 aliphatic carbocycles. The number of allylic oxidation sites excluding steroid dienone is 1. The highest BCUT2D eigenvalue weighted by atomic mass is 35.5. The molecule has 13 heavy (non-hydrogen) atoms. The van der Waals surface area contributed by atoms with Gasteiger partial charge in [0.25, 0.3) is 0 Å². The average Bonchev–Trinajstić information content (AvgIpc) is 2.14. The average molecular weight is 204 g/mol. The van der Waals surface area contributed by atoms with Crippen molar-refractivity contribution in [3.63, 3.8) is 0 Å². The Hall–Kier alpha value is -0.0100. The molecule has 0 heterocycles. The zero-order chi connectivity index (χ0) is 10.1. The first-order valence-electron chi connectivity index (χ1n) is 5.22. The first kappa shape index (κ1) is 13.0. The molecule has 0 rings (SSSR count). The van der Waals surface area contributed by atoms with Crippen molar-refractivity contribution in [3.8, 4) is 0 Å². The van der Waals surface area contributed by atoms with E-state index in [1.165, 1.54) is 12.8 Å². The fourth-order valence-corrected chi connectivity index (χ4v) is 1.85. The molecular formula is C11H22ClN. The number of halogens is 1. The minimum atomic E-state index is 0.278. The van der Waals surface area contributed by atoms with Crippen LogP contribution >= 0.6 is 11.6 Å². The van der Waals surface area contributed by atoms with E-state index in [1.807, 2.05) is 13.0 Å². The van der Waals surface area contributed by atoms with Crippen LogP contribution in [0.1, 0.15) is 33.6 Å². The van der Waals surface area contributed by atoms with Gasteiger partial charge in [0, 0.05) is 18.5 Å². The highest BCUT2D eigenvalue weighted by Gasteiger charge is 2.14. The molecule has 0 fully saturated rings. The predicted molar refractivity (Wildman–Crippen MR) is 61.4 cm³/mol. The van der Waals surface area contributed by atoms with E-state index in [0.717, 1.165) is 13.1 Å². The van der Waals surface area contributed by atoms with Gasteiger partial charge < -0.3 is 5.32 Å². The number of rotatable bonds is 7. The fourth-order valence-electron chi connectivity index (χ4n) is 1.39. The minimum Gasteiger partial charge on any atom is -0.312 e. The van der Waals surface area contributed by atoms with Gasteiger partial charge >= 0.3 is 0 Å². The highest BCUT2D eigenvalue weighted by molar-refractivity contribution is 6.21. The van der Waals surface area contributed by atoms with Crippen molar-refractivity contribution in [2.24, 2.45) is 5.92 Å². The van der Waals surface area contributed by atoms with E-state index < -0.39 is 0 Å². The summed E-state index contributed by atoms with van der Waals surface area (Å²) in [4.78, 5) is 0. The predicted octanol–water partition coefficient (Wildman–Crippen LogP) is 3.20. The maximum absolute atomic E-state index is 6.24. The highest BCUT2D eigenvalue weighted by Crippen LogP contribution is 2.17. The third-order valence-electron chi connectivity index (χ3n) is 2.40. The fraction of sp³-hybridized carbons (Fsp3) is 0.818. The van der Waals surface area contributed by atoms with E-state index in [2.05, 4.69) is 25.2 Å². The smallest absolute Gasteiger partial charge is 0.0488 e. The molecule has 0 aromatic rings. The Labute approximate surface area is 87.6 Å². The van der Waals surface area contributed by atoms with Crippen molar-refractivity contribution < 1.29 is 0 Å². The van der Waals surface area contributed by atoms with Crippen LogP contribution in [0.4, 0.5) is 0 Å². The van der Waals surface area contributed by atoms with Crippen LogP contribution in [0.3, 0.4) is 0 Å². The van der Waals surface area contributed by atoms with E-state index in [0.29, 0.717) is 5.92 Å². The van der Waals surface area contributed by atoms with Crippen molar-refractivity contribution in [1.29, 1.82) is 0 Å². The molecular weight excluding hydrogens is 182 g/mol. The van der Waals surface area contributed by atoms with E-state index in [9.17, 15) is 0 Å². The number of hydrogen-bond donors (Lipinski definition) is 1. The molecule has 0 aliphatic rings. The standard InChI is InChI=1S/C11H22ClN/c1-4-7-8-13-9-11(12)10(5-2)6-3/h4,7,10-11,13H,5-6,8-9H2,1-3H3/b7-4+. The zero-order valence-corrected chi connectivity index (χ0v) is 9.77. The van der Waals surface area contributed by atoms with Gasteiger partial charge in [0.15, 0.2) is 0 Å². The lowest BCUT2D eigenvalue weighted by Gasteiger charge is -2.19. The van der Waals surface area contributed by atoms with E-state index in [1.54, 1.807) is 0 Å². The second-order valence-electron chi connectivity index (χ2n) is 3.32. The quantitative estimate of drug-likeness (QED) is 0.381. The number of alkyl halides is 1. The Morgan fingerprint density at radius 3 is 2.38 bits per heavy atom. The van der Waals surface area contributed by atoms with E-state index in [4.69, 9.17) is 11.6 Å². The van der Waals surface area contributed by atoms with Gasteiger partial charge in [-0.2, -0.15) is 0 Å². The topological polar surface area (TPSA) is 12.0 Å². The van der Waals surface area contributed by atoms with Crippen molar-refractivity contribution in [2.45, 2.75) is 39.0 Å². The third kappa shape index (κ3) is 6.11. The van der Waals surface area contributed by atoms with Crippen molar-refractivity contribution in [3.05, 3.63) is 12.2 Å². The SMILES string of the molecule is C/C=C/CNCC(Cl)C(CC)CC. The molecule has 1 atom stereocenters. The molecule has 0 saturated heterocycles. The minimum absolute atomic E-state index is 0.278. The van der Waals surface area contributed by atoms with E-state index in [-0.39, 0.29) is 5.38 Å². The van der Waals surface area contributed by atoms with Crippen LogP contribution < -0.4 is 5.32 Å². The van der Waals surface area contributed by atoms with Crippen molar-refractivity contribution in [1.82, 2.24) is 5.32 Å². The Kier molecular flexibility index (Phi) is 8.58. The van der Waals surface area contributed by atoms with E-state index >= 15 is 0 Å². The first-order chi connectivity index (χ1) is 6.26. The van der Waals surface area contributed by atoms with Crippen LogP contribution in [0.25, 0.3) is 0 Å². The molecule has 0 aromatic heterocycles. The summed E-state index contributed by atoms with van der Waals surface area (Å²) in [5, 5.41) is 3.59. The van der Waals surface area contributed by atoms with Gasteiger partial charge in [0.05, 0.1) is 0 Å². The molecule has 0 bridgehead atoms. The summed E-state index contributed by atoms with van der Waals surface area (Å²) >= 11 is 6.24. The zero-order valence-electron chi connectivity index (χ0n) is 9.02. The van der Waals surface area contributed by atoms with Crippen molar-refractivity contribution >= 4 is 11.6 Å². The van der Waals surface area contributed by atoms with Crippen LogP contribution in [-0.4, -0.2) is 18.5 Å². The van der Waals surface area contributed by atoms with Gasteiger partial charge in [-0.3, -0.25) is 0 Å². The summed E-state index contributed by atoms with van der Waals surface area (Å²) in [7, 11) is 0. The Morgan fingerprint density at radius 1 is 1.31 bits per heavy atom. The summed E-state index contributed by atoms with van der Waals surface area (Å²) in [5.41, 5.74) is 0. The molecule has 1 unspecified atom stereocenters. The molecule has 0 radical (unpaired) electrons. The Balaban J connectivity index is 3.53. The van der Waals surface area contributed by atoms with Crippen LogP contribution in [-0.2, 0) is 0 Å². The van der Waals surface area contributed by atoms with Gasteiger partial charge in [-0.15, -0.1) is 11.6 Å². The lowest BCUT2D eigenvalue weighted by molar-refractivity contribution is 0.451. The molecule has 0 saturated carbocycles. The molecule has 2 heteroatoms. The van der Waals surface area contributed by atoms with Gasteiger partial charge in [0.2, 0.25) is 0 Å². The third-order valence-corrected chi connectivity index (χ3v) is 2.91. The lowest BCUT2D eigenvalue weighted by atomic mass is 9.99. The van der Waals surface area contributed by atoms with Crippen LogP contribution in [0.2, 0.25) is 0 Å². The first-order valence-corrected chi connectivity index (χ1v) is 5.65. The van der Waals surface area contributed by atoms with Gasteiger partial charge in [0.1, 0.15) is 0 Å². The second-order valence-corrected chi connectivity index (χ2v) is 3.88. The Bertz CT molecular complexity index is 130. The summed E-state index contributed by atoms with van der Waals surface area (Å²) in [6.07, 6.45) is 6.51. The molecule has 78 valence electrons. The number of nitrogens with one attached hydrogen (secondary N) is 1. The largest absolute Gasteiger partial charge is 0.312 e. The van der Waals surface area contributed by atoms with Gasteiger partial charge in [-0.25, -0.2) is 0 Å². The molecule has 0 aromatic carbocycles. The molecule has 0 amide bonds. The molecule has 0 aliphatic heterocycles. The molecule has 0 spiro atoms. The second kappa shape index (κ2) is 8.58. The van der Waals surface area contributed by atoms with Crippen LogP contribution in [0, 0.1) is 5.92 Å². The van der Waals surface area contributed by atoms with Crippen molar-refractivity contribution in [2.75, 3.05) is 13.1 Å². The summed E-state index contributed by atoms with van der Waals surface area (Å²) in [6, 6.07) is 0. The lowest BCUT2D eigenvalue weighted by Crippen LogP contribution is -2.28. The molecule has 1 N–H and O–H groups in total. The summed E-state index contributed by atoms with van der Waals surface area (Å²) in [5.74, 6) is 0.653. The van der Waals surface area contributed by atoms with Crippen LogP contribution in [0.5, 0.6) is 0 Å². The number of hydrogen-bond acceptors (Lipinski definition) is 1. The molecule has 1 nitrogen and oxygen atoms in total. The summed E-state index contributed by atoms with van der Waals surface area (Å²) in [6.45, 7) is 8.28. The van der Waals surface area contributed by atoms with Gasteiger partial charge in [-0.05, 0) is 12.8 Å². The summed E-state index contributed by atoms with van der Waals surface area (Å²) < 4.78 is 0. The Morgan fingerprint density at radius 2 is 1.92 bits per heavy atom.